The minimum absolute atomic E-state index is 0.0180. The Hall–Kier alpha value is -1.21. The summed E-state index contributed by atoms with van der Waals surface area (Å²) in [7, 11) is -3.13. The van der Waals surface area contributed by atoms with Gasteiger partial charge in [0.25, 0.3) is 0 Å². The summed E-state index contributed by atoms with van der Waals surface area (Å²) in [6.45, 7) is 7.89. The first-order valence-corrected chi connectivity index (χ1v) is 9.91. The fourth-order valence-corrected chi connectivity index (χ4v) is 4.49. The lowest BCUT2D eigenvalue weighted by Crippen LogP contribution is -2.48. The van der Waals surface area contributed by atoms with E-state index < -0.39 is 10.0 Å². The molecule has 1 atom stereocenters. The molecular formula is C16H26N4O2S. The Balaban J connectivity index is 1.66. The molecule has 23 heavy (non-hydrogen) atoms. The predicted molar refractivity (Wildman–Crippen MR) is 91.0 cm³/mol. The van der Waals surface area contributed by atoms with Crippen LogP contribution in [0.15, 0.2) is 12.1 Å². The maximum Gasteiger partial charge on any atom is 0.214 e. The Morgan fingerprint density at radius 2 is 1.91 bits per heavy atom. The van der Waals surface area contributed by atoms with Crippen LogP contribution in [0.4, 0.5) is 5.82 Å². The summed E-state index contributed by atoms with van der Waals surface area (Å²) in [5, 5.41) is 8.52. The van der Waals surface area contributed by atoms with Crippen molar-refractivity contribution in [1.29, 1.82) is 0 Å². The van der Waals surface area contributed by atoms with Crippen LogP contribution in [0.1, 0.15) is 52.1 Å². The SMILES string of the molecule is CC(C)(C)c1ccc(N2CCCC(NS(=O)(=O)C3CC3)C2)nn1. The van der Waals surface area contributed by atoms with E-state index in [0.29, 0.717) is 6.54 Å². The van der Waals surface area contributed by atoms with Gasteiger partial charge in [0.2, 0.25) is 10.0 Å². The van der Waals surface area contributed by atoms with Gasteiger partial charge in [0, 0.05) is 24.5 Å². The highest BCUT2D eigenvalue weighted by Crippen LogP contribution is 2.28. The molecule has 1 N–H and O–H groups in total. The highest BCUT2D eigenvalue weighted by molar-refractivity contribution is 7.90. The average molecular weight is 338 g/mol. The van der Waals surface area contributed by atoms with E-state index in [0.717, 1.165) is 43.7 Å². The third-order valence-electron chi connectivity index (χ3n) is 4.46. The third-order valence-corrected chi connectivity index (χ3v) is 6.47. The van der Waals surface area contributed by atoms with E-state index in [2.05, 4.69) is 40.6 Å². The molecule has 1 saturated heterocycles. The van der Waals surface area contributed by atoms with Crippen LogP contribution < -0.4 is 9.62 Å². The van der Waals surface area contributed by atoms with Crippen LogP contribution in [0, 0.1) is 0 Å². The van der Waals surface area contributed by atoms with Crippen molar-refractivity contribution in [3.05, 3.63) is 17.8 Å². The number of sulfonamides is 1. The minimum Gasteiger partial charge on any atom is -0.354 e. The molecule has 1 saturated carbocycles. The molecule has 0 radical (unpaired) electrons. The number of nitrogens with zero attached hydrogens (tertiary/aromatic N) is 3. The molecule has 7 heteroatoms. The Kier molecular flexibility index (Phi) is 4.35. The molecule has 0 aromatic carbocycles. The number of piperidine rings is 1. The first-order valence-electron chi connectivity index (χ1n) is 8.36. The van der Waals surface area contributed by atoms with Gasteiger partial charge in [-0.25, -0.2) is 13.1 Å². The summed E-state index contributed by atoms with van der Waals surface area (Å²) in [6.07, 6.45) is 3.44. The smallest absolute Gasteiger partial charge is 0.214 e. The molecule has 0 spiro atoms. The van der Waals surface area contributed by atoms with E-state index in [1.807, 2.05) is 12.1 Å². The summed E-state index contributed by atoms with van der Waals surface area (Å²) in [5.74, 6) is 0.827. The fraction of sp³-hybridized carbons (Fsp3) is 0.750. The zero-order valence-corrected chi connectivity index (χ0v) is 14.9. The van der Waals surface area contributed by atoms with Crippen molar-refractivity contribution in [3.63, 3.8) is 0 Å². The van der Waals surface area contributed by atoms with Crippen molar-refractivity contribution >= 4 is 15.8 Å². The van der Waals surface area contributed by atoms with Crippen LogP contribution in [0.3, 0.4) is 0 Å². The lowest BCUT2D eigenvalue weighted by molar-refractivity contribution is 0.462. The van der Waals surface area contributed by atoms with Gasteiger partial charge in [-0.15, -0.1) is 5.10 Å². The van der Waals surface area contributed by atoms with Crippen LogP contribution >= 0.6 is 0 Å². The second-order valence-corrected chi connectivity index (χ2v) is 9.67. The normalized spacial score (nSPS) is 23.1. The van der Waals surface area contributed by atoms with Crippen molar-refractivity contribution < 1.29 is 8.42 Å². The number of aromatic nitrogens is 2. The molecule has 2 heterocycles. The Morgan fingerprint density at radius 3 is 2.48 bits per heavy atom. The molecule has 128 valence electrons. The highest BCUT2D eigenvalue weighted by Gasteiger charge is 2.37. The molecule has 1 aromatic heterocycles. The molecule has 0 amide bonds. The first kappa shape index (κ1) is 16.6. The van der Waals surface area contributed by atoms with E-state index >= 15 is 0 Å². The van der Waals surface area contributed by atoms with Gasteiger partial charge in [-0.1, -0.05) is 20.8 Å². The molecule has 3 rings (SSSR count). The van der Waals surface area contributed by atoms with Crippen molar-refractivity contribution in [2.24, 2.45) is 0 Å². The van der Waals surface area contributed by atoms with Crippen LogP contribution in [0.2, 0.25) is 0 Å². The Labute approximate surface area is 138 Å². The summed E-state index contributed by atoms with van der Waals surface area (Å²) in [4.78, 5) is 2.13. The zero-order valence-electron chi connectivity index (χ0n) is 14.1. The number of anilines is 1. The molecule has 1 aromatic rings. The maximum atomic E-state index is 12.1. The Morgan fingerprint density at radius 1 is 1.17 bits per heavy atom. The van der Waals surface area contributed by atoms with Gasteiger partial charge in [-0.3, -0.25) is 0 Å². The fourth-order valence-electron chi connectivity index (χ4n) is 2.88. The number of hydrogen-bond acceptors (Lipinski definition) is 5. The molecule has 1 unspecified atom stereocenters. The molecule has 1 aliphatic carbocycles. The molecule has 6 nitrogen and oxygen atoms in total. The zero-order chi connectivity index (χ0) is 16.7. The number of nitrogens with one attached hydrogen (secondary N) is 1. The van der Waals surface area contributed by atoms with Crippen molar-refractivity contribution in [2.75, 3.05) is 18.0 Å². The number of hydrogen-bond donors (Lipinski definition) is 1. The van der Waals surface area contributed by atoms with E-state index in [4.69, 9.17) is 0 Å². The topological polar surface area (TPSA) is 75.2 Å². The maximum absolute atomic E-state index is 12.1. The van der Waals surface area contributed by atoms with Gasteiger partial charge in [-0.2, -0.15) is 5.10 Å². The van der Waals surface area contributed by atoms with Crippen LogP contribution in [0.25, 0.3) is 0 Å². The van der Waals surface area contributed by atoms with Crippen LogP contribution in [-0.2, 0) is 15.4 Å². The first-order chi connectivity index (χ1) is 10.8. The molecule has 2 fully saturated rings. The monoisotopic (exact) mass is 338 g/mol. The number of rotatable bonds is 4. The van der Waals surface area contributed by atoms with Gasteiger partial charge in [0.05, 0.1) is 10.9 Å². The standard InChI is InChI=1S/C16H26N4O2S/c1-16(2,3)14-8-9-15(18-17-14)20-10-4-5-12(11-20)19-23(21,22)13-6-7-13/h8-9,12-13,19H,4-7,10-11H2,1-3H3. The third kappa shape index (κ3) is 4.01. The lowest BCUT2D eigenvalue weighted by Gasteiger charge is -2.33. The minimum atomic E-state index is -3.13. The second kappa shape index (κ2) is 6.02. The van der Waals surface area contributed by atoms with Gasteiger partial charge < -0.3 is 4.90 Å². The molecule has 2 aliphatic rings. The van der Waals surface area contributed by atoms with Crippen molar-refractivity contribution in [2.45, 2.75) is 63.2 Å². The quantitative estimate of drug-likeness (QED) is 0.906. The Bertz CT molecular complexity index is 648. The average Bonchev–Trinajstić information content (AvgIpc) is 3.31. The molecule has 0 bridgehead atoms. The van der Waals surface area contributed by atoms with Crippen LogP contribution in [0.5, 0.6) is 0 Å². The van der Waals surface area contributed by atoms with E-state index in [9.17, 15) is 8.42 Å². The second-order valence-electron chi connectivity index (χ2n) is 7.67. The highest BCUT2D eigenvalue weighted by atomic mass is 32.2. The van der Waals surface area contributed by atoms with Crippen molar-refractivity contribution in [3.8, 4) is 0 Å². The van der Waals surface area contributed by atoms with E-state index in [-0.39, 0.29) is 16.7 Å². The van der Waals surface area contributed by atoms with E-state index in [1.54, 1.807) is 0 Å². The summed E-state index contributed by atoms with van der Waals surface area (Å²) >= 11 is 0. The van der Waals surface area contributed by atoms with Gasteiger partial charge >= 0.3 is 0 Å². The van der Waals surface area contributed by atoms with Gasteiger partial charge in [0.15, 0.2) is 5.82 Å². The molecule has 1 aliphatic heterocycles. The summed E-state index contributed by atoms with van der Waals surface area (Å²) in [5.41, 5.74) is 0.944. The predicted octanol–water partition coefficient (Wildman–Crippen LogP) is 1.82. The van der Waals surface area contributed by atoms with Crippen LogP contribution in [-0.4, -0.2) is 43.0 Å². The largest absolute Gasteiger partial charge is 0.354 e. The van der Waals surface area contributed by atoms with Gasteiger partial charge in [0.1, 0.15) is 0 Å². The summed E-state index contributed by atoms with van der Waals surface area (Å²) in [6, 6.07) is 3.98. The van der Waals surface area contributed by atoms with Crippen molar-refractivity contribution in [1.82, 2.24) is 14.9 Å². The summed E-state index contributed by atoms with van der Waals surface area (Å²) < 4.78 is 27.1. The lowest BCUT2D eigenvalue weighted by atomic mass is 9.92. The van der Waals surface area contributed by atoms with E-state index in [1.165, 1.54) is 0 Å². The van der Waals surface area contributed by atoms with Gasteiger partial charge in [-0.05, 0) is 37.8 Å². The molecular weight excluding hydrogens is 312 g/mol.